The molecule has 1 aliphatic rings. The molecule has 4 nitrogen and oxygen atoms in total. The summed E-state index contributed by atoms with van der Waals surface area (Å²) in [5.41, 5.74) is 6.62. The average molecular weight is 241 g/mol. The van der Waals surface area contributed by atoms with E-state index in [1.807, 2.05) is 6.07 Å². The summed E-state index contributed by atoms with van der Waals surface area (Å²) in [4.78, 5) is 10.3. The van der Waals surface area contributed by atoms with Crippen LogP contribution in [0.2, 0.25) is 5.02 Å². The van der Waals surface area contributed by atoms with Gasteiger partial charge < -0.3 is 5.73 Å². The van der Waals surface area contributed by atoms with Crippen molar-refractivity contribution in [1.29, 1.82) is 0 Å². The van der Waals surface area contributed by atoms with Crippen LogP contribution in [-0.2, 0) is 5.41 Å². The Morgan fingerprint density at radius 3 is 2.69 bits per heavy atom. The maximum Gasteiger partial charge on any atom is 0.288 e. The highest BCUT2D eigenvalue weighted by Crippen LogP contribution is 2.51. The fraction of sp³-hybridized carbons (Fsp3) is 0.455. The van der Waals surface area contributed by atoms with Crippen LogP contribution in [0.1, 0.15) is 24.8 Å². The number of hydrogen-bond acceptors (Lipinski definition) is 3. The number of nitro benzene ring substituents is 1. The lowest BCUT2D eigenvalue weighted by Gasteiger charge is -2.14. The van der Waals surface area contributed by atoms with Gasteiger partial charge in [0.15, 0.2) is 0 Å². The third-order valence-corrected chi connectivity index (χ3v) is 3.55. The van der Waals surface area contributed by atoms with E-state index in [0.29, 0.717) is 6.54 Å². The summed E-state index contributed by atoms with van der Waals surface area (Å²) in [5.74, 6) is 0. The third-order valence-electron chi connectivity index (χ3n) is 3.23. The molecule has 0 heterocycles. The van der Waals surface area contributed by atoms with E-state index < -0.39 is 4.92 Å². The zero-order valence-corrected chi connectivity index (χ0v) is 9.54. The molecule has 0 bridgehead atoms. The molecule has 2 rings (SSSR count). The van der Waals surface area contributed by atoms with Crippen molar-refractivity contribution in [2.45, 2.75) is 24.7 Å². The summed E-state index contributed by atoms with van der Waals surface area (Å²) >= 11 is 5.77. The zero-order chi connectivity index (χ0) is 11.8. The molecule has 1 fully saturated rings. The Morgan fingerprint density at radius 2 is 2.19 bits per heavy atom. The predicted octanol–water partition coefficient (Wildman–Crippen LogP) is 2.63. The Balaban J connectivity index is 2.36. The summed E-state index contributed by atoms with van der Waals surface area (Å²) in [6.07, 6.45) is 3.00. The van der Waals surface area contributed by atoms with Crippen LogP contribution >= 0.6 is 11.6 Å². The second-order valence-corrected chi connectivity index (χ2v) is 4.65. The Kier molecular flexibility index (Phi) is 2.86. The van der Waals surface area contributed by atoms with E-state index in [2.05, 4.69) is 0 Å². The number of halogens is 1. The van der Waals surface area contributed by atoms with Gasteiger partial charge >= 0.3 is 0 Å². The second-order valence-electron chi connectivity index (χ2n) is 4.24. The van der Waals surface area contributed by atoms with Gasteiger partial charge in [-0.25, -0.2) is 0 Å². The first-order valence-corrected chi connectivity index (χ1v) is 5.61. The lowest BCUT2D eigenvalue weighted by Crippen LogP contribution is -2.13. The van der Waals surface area contributed by atoms with Gasteiger partial charge in [0.05, 0.1) is 4.92 Å². The van der Waals surface area contributed by atoms with E-state index in [1.54, 1.807) is 12.1 Å². The van der Waals surface area contributed by atoms with Crippen molar-refractivity contribution >= 4 is 17.3 Å². The van der Waals surface area contributed by atoms with E-state index in [9.17, 15) is 10.1 Å². The molecule has 16 heavy (non-hydrogen) atoms. The van der Waals surface area contributed by atoms with Gasteiger partial charge in [-0.1, -0.05) is 17.7 Å². The Bertz CT molecular complexity index is 430. The minimum atomic E-state index is -0.440. The van der Waals surface area contributed by atoms with Crippen LogP contribution in [0, 0.1) is 10.1 Å². The molecule has 0 atom stereocenters. The lowest BCUT2D eigenvalue weighted by molar-refractivity contribution is -0.384. The second kappa shape index (κ2) is 4.03. The van der Waals surface area contributed by atoms with Gasteiger partial charge in [-0.05, 0) is 42.9 Å². The molecular weight excluding hydrogens is 228 g/mol. The molecule has 1 saturated carbocycles. The number of nitro groups is 1. The molecule has 0 amide bonds. The minimum Gasteiger partial charge on any atom is -0.330 e. The largest absolute Gasteiger partial charge is 0.330 e. The van der Waals surface area contributed by atoms with Gasteiger partial charge in [0.1, 0.15) is 5.02 Å². The minimum absolute atomic E-state index is 0.0116. The van der Waals surface area contributed by atoms with Crippen LogP contribution in [0.3, 0.4) is 0 Å². The quantitative estimate of drug-likeness (QED) is 0.650. The van der Waals surface area contributed by atoms with Gasteiger partial charge in [0.2, 0.25) is 0 Å². The fourth-order valence-electron chi connectivity index (χ4n) is 2.09. The topological polar surface area (TPSA) is 69.2 Å². The van der Waals surface area contributed by atoms with Crippen molar-refractivity contribution in [2.75, 3.05) is 6.54 Å². The van der Waals surface area contributed by atoms with Crippen LogP contribution in [0.4, 0.5) is 5.69 Å². The Morgan fingerprint density at radius 1 is 1.50 bits per heavy atom. The van der Waals surface area contributed by atoms with Crippen molar-refractivity contribution < 1.29 is 4.92 Å². The molecular formula is C11H13ClN2O2. The van der Waals surface area contributed by atoms with Gasteiger partial charge in [-0.3, -0.25) is 10.1 Å². The maximum absolute atomic E-state index is 10.8. The molecule has 2 N–H and O–H groups in total. The Labute approximate surface area is 98.5 Å². The first-order chi connectivity index (χ1) is 7.59. The molecule has 0 aliphatic heterocycles. The summed E-state index contributed by atoms with van der Waals surface area (Å²) < 4.78 is 0. The molecule has 1 aromatic rings. The van der Waals surface area contributed by atoms with Gasteiger partial charge in [0.25, 0.3) is 5.69 Å². The van der Waals surface area contributed by atoms with Crippen molar-refractivity contribution in [3.05, 3.63) is 38.9 Å². The average Bonchev–Trinajstić information content (AvgIpc) is 2.99. The number of nitrogens with two attached hydrogens (primary N) is 1. The van der Waals surface area contributed by atoms with Crippen LogP contribution in [0.25, 0.3) is 0 Å². The van der Waals surface area contributed by atoms with Crippen molar-refractivity contribution in [3.63, 3.8) is 0 Å². The van der Waals surface area contributed by atoms with Crippen molar-refractivity contribution in [3.8, 4) is 0 Å². The van der Waals surface area contributed by atoms with Crippen molar-refractivity contribution in [1.82, 2.24) is 0 Å². The SMILES string of the molecule is NCCC1(c2ccc(Cl)c([N+](=O)[O-])c2)CC1. The van der Waals surface area contributed by atoms with E-state index in [1.165, 1.54) is 0 Å². The fourth-order valence-corrected chi connectivity index (χ4v) is 2.28. The lowest BCUT2D eigenvalue weighted by atomic mass is 9.92. The molecule has 0 aromatic heterocycles. The molecule has 5 heteroatoms. The Hall–Kier alpha value is -1.13. The highest BCUT2D eigenvalue weighted by Gasteiger charge is 2.43. The molecule has 0 spiro atoms. The van der Waals surface area contributed by atoms with E-state index in [-0.39, 0.29) is 16.1 Å². The number of hydrogen-bond donors (Lipinski definition) is 1. The highest BCUT2D eigenvalue weighted by atomic mass is 35.5. The zero-order valence-electron chi connectivity index (χ0n) is 8.78. The van der Waals surface area contributed by atoms with Gasteiger partial charge in [-0.2, -0.15) is 0 Å². The van der Waals surface area contributed by atoms with E-state index >= 15 is 0 Å². The number of nitrogens with zero attached hydrogens (tertiary/aromatic N) is 1. The van der Waals surface area contributed by atoms with Crippen molar-refractivity contribution in [2.24, 2.45) is 5.73 Å². The standard InChI is InChI=1S/C11H13ClN2O2/c12-9-2-1-8(7-10(9)14(15)16)11(3-4-11)5-6-13/h1-2,7H,3-6,13H2. The summed E-state index contributed by atoms with van der Waals surface area (Å²) in [6, 6.07) is 5.06. The van der Waals surface area contributed by atoms with Gasteiger partial charge in [-0.15, -0.1) is 0 Å². The van der Waals surface area contributed by atoms with E-state index in [0.717, 1.165) is 24.8 Å². The van der Waals surface area contributed by atoms with E-state index in [4.69, 9.17) is 17.3 Å². The van der Waals surface area contributed by atoms with Crippen LogP contribution in [0.5, 0.6) is 0 Å². The normalized spacial score (nSPS) is 17.1. The summed E-state index contributed by atoms with van der Waals surface area (Å²) in [5, 5.41) is 11.0. The monoisotopic (exact) mass is 240 g/mol. The number of rotatable bonds is 4. The first kappa shape index (κ1) is 11.4. The molecule has 0 radical (unpaired) electrons. The molecule has 1 aliphatic carbocycles. The first-order valence-electron chi connectivity index (χ1n) is 5.23. The highest BCUT2D eigenvalue weighted by molar-refractivity contribution is 6.32. The smallest absolute Gasteiger partial charge is 0.288 e. The summed E-state index contributed by atoms with van der Waals surface area (Å²) in [7, 11) is 0. The molecule has 0 saturated heterocycles. The van der Waals surface area contributed by atoms with Crippen LogP contribution in [-0.4, -0.2) is 11.5 Å². The van der Waals surface area contributed by atoms with Crippen LogP contribution < -0.4 is 5.73 Å². The predicted molar refractivity (Wildman–Crippen MR) is 62.7 cm³/mol. The van der Waals surface area contributed by atoms with Crippen LogP contribution in [0.15, 0.2) is 18.2 Å². The third kappa shape index (κ3) is 1.90. The molecule has 86 valence electrons. The molecule has 0 unspecified atom stereocenters. The maximum atomic E-state index is 10.8. The molecule has 1 aromatic carbocycles. The number of benzene rings is 1. The van der Waals surface area contributed by atoms with Gasteiger partial charge in [0, 0.05) is 6.07 Å². The summed E-state index contributed by atoms with van der Waals surface area (Å²) in [6.45, 7) is 0.608.